The fourth-order valence-corrected chi connectivity index (χ4v) is 2.21. The van der Waals surface area contributed by atoms with Crippen molar-refractivity contribution in [2.24, 2.45) is 5.41 Å². The molecule has 0 unspecified atom stereocenters. The Morgan fingerprint density at radius 1 is 1.29 bits per heavy atom. The van der Waals surface area contributed by atoms with Crippen molar-refractivity contribution in [1.82, 2.24) is 9.62 Å². The van der Waals surface area contributed by atoms with Gasteiger partial charge < -0.3 is 5.32 Å². The number of amides is 1. The topological polar surface area (TPSA) is 66.5 Å². The van der Waals surface area contributed by atoms with Crippen molar-refractivity contribution >= 4 is 15.9 Å². The van der Waals surface area contributed by atoms with Crippen molar-refractivity contribution in [2.45, 2.75) is 34.1 Å². The minimum Gasteiger partial charge on any atom is -0.356 e. The van der Waals surface area contributed by atoms with Crippen LogP contribution in [0.4, 0.5) is 0 Å². The molecule has 0 saturated heterocycles. The van der Waals surface area contributed by atoms with Crippen molar-refractivity contribution < 1.29 is 13.2 Å². The lowest BCUT2D eigenvalue weighted by Crippen LogP contribution is -2.37. The van der Waals surface area contributed by atoms with Crippen LogP contribution in [0, 0.1) is 5.41 Å². The Labute approximate surface area is 105 Å². The molecule has 0 bridgehead atoms. The molecule has 0 heterocycles. The smallest absolute Gasteiger partial charge is 0.225 e. The minimum atomic E-state index is -3.12. The van der Waals surface area contributed by atoms with Crippen molar-refractivity contribution in [1.29, 1.82) is 0 Å². The zero-order chi connectivity index (χ0) is 13.7. The Morgan fingerprint density at radius 3 is 2.18 bits per heavy atom. The fraction of sp³-hybridized carbons (Fsp3) is 0.909. The van der Waals surface area contributed by atoms with E-state index in [4.69, 9.17) is 0 Å². The Morgan fingerprint density at radius 2 is 1.82 bits per heavy atom. The summed E-state index contributed by atoms with van der Waals surface area (Å²) in [5, 5.41) is 2.79. The maximum Gasteiger partial charge on any atom is 0.225 e. The Balaban J connectivity index is 3.97. The largest absolute Gasteiger partial charge is 0.356 e. The molecule has 0 saturated carbocycles. The summed E-state index contributed by atoms with van der Waals surface area (Å²) < 4.78 is 24.0. The number of carbonyl (C=O) groups is 1. The van der Waals surface area contributed by atoms with Crippen LogP contribution in [0.15, 0.2) is 0 Å². The molecule has 6 heteroatoms. The van der Waals surface area contributed by atoms with E-state index >= 15 is 0 Å². The summed E-state index contributed by atoms with van der Waals surface area (Å²) in [6.45, 7) is 8.74. The third kappa shape index (κ3) is 6.63. The van der Waals surface area contributed by atoms with E-state index in [-0.39, 0.29) is 5.91 Å². The first kappa shape index (κ1) is 16.4. The van der Waals surface area contributed by atoms with Crippen molar-refractivity contribution in [2.75, 3.05) is 25.9 Å². The van der Waals surface area contributed by atoms with Gasteiger partial charge >= 0.3 is 0 Å². The van der Waals surface area contributed by atoms with Crippen LogP contribution < -0.4 is 5.32 Å². The second kappa shape index (κ2) is 6.35. The summed E-state index contributed by atoms with van der Waals surface area (Å²) in [6, 6.07) is 0. The van der Waals surface area contributed by atoms with E-state index in [0.717, 1.165) is 0 Å². The summed E-state index contributed by atoms with van der Waals surface area (Å²) in [6.07, 6.45) is 1.83. The summed E-state index contributed by atoms with van der Waals surface area (Å²) in [5.74, 6) is -0.0140. The van der Waals surface area contributed by atoms with Crippen LogP contribution >= 0.6 is 0 Å². The molecule has 0 radical (unpaired) electrons. The lowest BCUT2D eigenvalue weighted by atomic mass is 9.96. The third-order valence-corrected chi connectivity index (χ3v) is 3.75. The normalized spacial score (nSPS) is 12.8. The number of sulfonamides is 1. The summed E-state index contributed by atoms with van der Waals surface area (Å²) in [4.78, 5) is 11.5. The van der Waals surface area contributed by atoms with Crippen LogP contribution in [0.3, 0.4) is 0 Å². The van der Waals surface area contributed by atoms with Crippen LogP contribution in [0.2, 0.25) is 0 Å². The molecule has 1 N–H and O–H groups in total. The van der Waals surface area contributed by atoms with Crippen molar-refractivity contribution in [3.8, 4) is 0 Å². The maximum atomic E-state index is 11.5. The van der Waals surface area contributed by atoms with Gasteiger partial charge in [-0.05, 0) is 6.42 Å². The first-order chi connectivity index (χ1) is 7.59. The molecule has 0 fully saturated rings. The van der Waals surface area contributed by atoms with Gasteiger partial charge in [0.15, 0.2) is 0 Å². The van der Waals surface area contributed by atoms with Gasteiger partial charge in [-0.1, -0.05) is 27.7 Å². The van der Waals surface area contributed by atoms with Gasteiger partial charge in [0.2, 0.25) is 15.9 Å². The quantitative estimate of drug-likeness (QED) is 0.722. The molecule has 0 aromatic rings. The summed E-state index contributed by atoms with van der Waals surface area (Å²) >= 11 is 0. The standard InChI is InChI=1S/C11H24N2O3S/c1-6-13(17(5,15)16)9-7-8-12-10(14)11(2,3)4/h6-9H2,1-5H3,(H,12,14). The van der Waals surface area contributed by atoms with Crippen molar-refractivity contribution in [3.63, 3.8) is 0 Å². The minimum absolute atomic E-state index is 0.0140. The second-order valence-electron chi connectivity index (χ2n) is 5.11. The number of nitrogens with zero attached hydrogens (tertiary/aromatic N) is 1. The summed E-state index contributed by atoms with van der Waals surface area (Å²) in [7, 11) is -3.12. The average Bonchev–Trinajstić information content (AvgIpc) is 2.13. The molecule has 0 atom stereocenters. The molecule has 0 aliphatic carbocycles. The van der Waals surface area contributed by atoms with Gasteiger partial charge in [0.05, 0.1) is 6.26 Å². The molecular formula is C11H24N2O3S. The number of hydrogen-bond donors (Lipinski definition) is 1. The number of hydrogen-bond acceptors (Lipinski definition) is 3. The van der Waals surface area contributed by atoms with Gasteiger partial charge in [-0.15, -0.1) is 0 Å². The summed E-state index contributed by atoms with van der Waals surface area (Å²) in [5.41, 5.74) is -0.402. The number of nitrogens with one attached hydrogen (secondary N) is 1. The highest BCUT2D eigenvalue weighted by atomic mass is 32.2. The molecule has 0 spiro atoms. The van der Waals surface area contributed by atoms with Gasteiger partial charge in [0.25, 0.3) is 0 Å². The van der Waals surface area contributed by atoms with E-state index < -0.39 is 15.4 Å². The highest BCUT2D eigenvalue weighted by Crippen LogP contribution is 2.12. The lowest BCUT2D eigenvalue weighted by Gasteiger charge is -2.20. The molecule has 0 aromatic heterocycles. The van der Waals surface area contributed by atoms with Crippen LogP contribution in [-0.2, 0) is 14.8 Å². The Bertz CT molecular complexity index is 344. The fourth-order valence-electron chi connectivity index (χ4n) is 1.28. The average molecular weight is 264 g/mol. The van der Waals surface area contributed by atoms with E-state index in [1.54, 1.807) is 6.92 Å². The van der Waals surface area contributed by atoms with Crippen molar-refractivity contribution in [3.05, 3.63) is 0 Å². The SMILES string of the molecule is CCN(CCCNC(=O)C(C)(C)C)S(C)(=O)=O. The van der Waals surface area contributed by atoms with Gasteiger partial charge in [-0.3, -0.25) is 4.79 Å². The van der Waals surface area contributed by atoms with Gasteiger partial charge in [-0.25, -0.2) is 12.7 Å². The zero-order valence-corrected chi connectivity index (χ0v) is 12.2. The Kier molecular flexibility index (Phi) is 6.12. The second-order valence-corrected chi connectivity index (χ2v) is 7.10. The van der Waals surface area contributed by atoms with E-state index in [1.165, 1.54) is 10.6 Å². The molecule has 0 aromatic carbocycles. The van der Waals surface area contributed by atoms with E-state index in [2.05, 4.69) is 5.32 Å². The first-order valence-corrected chi connectivity index (χ1v) is 7.67. The molecule has 5 nitrogen and oxygen atoms in total. The van der Waals surface area contributed by atoms with E-state index in [1.807, 2.05) is 20.8 Å². The molecular weight excluding hydrogens is 240 g/mol. The molecule has 17 heavy (non-hydrogen) atoms. The molecule has 0 aliphatic rings. The van der Waals surface area contributed by atoms with Crippen LogP contribution in [0.25, 0.3) is 0 Å². The van der Waals surface area contributed by atoms with Gasteiger partial charge in [0.1, 0.15) is 0 Å². The maximum absolute atomic E-state index is 11.5. The number of carbonyl (C=O) groups excluding carboxylic acids is 1. The molecule has 102 valence electrons. The molecule has 0 rings (SSSR count). The Hall–Kier alpha value is -0.620. The highest BCUT2D eigenvalue weighted by Gasteiger charge is 2.20. The predicted molar refractivity (Wildman–Crippen MR) is 69.2 cm³/mol. The lowest BCUT2D eigenvalue weighted by molar-refractivity contribution is -0.128. The van der Waals surface area contributed by atoms with Crippen LogP contribution in [0.5, 0.6) is 0 Å². The third-order valence-electron chi connectivity index (χ3n) is 2.37. The molecule has 1 amide bonds. The van der Waals surface area contributed by atoms with Gasteiger partial charge in [0, 0.05) is 25.0 Å². The molecule has 0 aliphatic heterocycles. The van der Waals surface area contributed by atoms with Crippen LogP contribution in [-0.4, -0.2) is 44.5 Å². The van der Waals surface area contributed by atoms with Crippen LogP contribution in [0.1, 0.15) is 34.1 Å². The number of rotatable bonds is 6. The monoisotopic (exact) mass is 264 g/mol. The van der Waals surface area contributed by atoms with Gasteiger partial charge in [-0.2, -0.15) is 0 Å². The first-order valence-electron chi connectivity index (χ1n) is 5.82. The highest BCUT2D eigenvalue weighted by molar-refractivity contribution is 7.88. The van der Waals surface area contributed by atoms with E-state index in [9.17, 15) is 13.2 Å². The predicted octanol–water partition coefficient (Wildman–Crippen LogP) is 0.820. The van der Waals surface area contributed by atoms with E-state index in [0.29, 0.717) is 26.1 Å². The zero-order valence-electron chi connectivity index (χ0n) is 11.4.